The van der Waals surface area contributed by atoms with Crippen LogP contribution < -0.4 is 9.64 Å². The Morgan fingerprint density at radius 1 is 1.20 bits per heavy atom. The predicted octanol–water partition coefficient (Wildman–Crippen LogP) is 3.72. The molecule has 1 aliphatic heterocycles. The minimum atomic E-state index is -0.257. The maximum atomic E-state index is 14.1. The summed E-state index contributed by atoms with van der Waals surface area (Å²) in [5.74, 6) is 1.46. The van der Waals surface area contributed by atoms with Crippen LogP contribution in [0, 0.1) is 5.82 Å². The Bertz CT molecular complexity index is 729. The van der Waals surface area contributed by atoms with Crippen molar-refractivity contribution < 1.29 is 13.9 Å². The number of methoxy groups -OCH3 is 1. The summed E-state index contributed by atoms with van der Waals surface area (Å²) in [5.41, 5.74) is 0.966. The normalized spacial score (nSPS) is 20.2. The van der Waals surface area contributed by atoms with E-state index in [4.69, 9.17) is 9.47 Å². The zero-order valence-electron chi connectivity index (χ0n) is 14.5. The van der Waals surface area contributed by atoms with Crippen molar-refractivity contribution in [2.45, 2.75) is 37.8 Å². The second-order valence-corrected chi connectivity index (χ2v) is 6.78. The average molecular weight is 345 g/mol. The summed E-state index contributed by atoms with van der Waals surface area (Å²) in [6.45, 7) is 1.88. The van der Waals surface area contributed by atoms with Crippen LogP contribution in [0.1, 0.15) is 43.3 Å². The summed E-state index contributed by atoms with van der Waals surface area (Å²) in [7, 11) is 1.62. The van der Waals surface area contributed by atoms with Crippen LogP contribution in [-0.2, 0) is 4.74 Å². The standard InChI is InChI=1S/C19H24FN3O2/c1-24-9-10-25-17-12-14(11-15(20)13-17)18-3-2-8-22(18)19-6-7-21-23(19)16-4-5-16/h6-7,11-13,16,18H,2-5,8-10H2,1H3/t18-/m1/s1. The minimum Gasteiger partial charge on any atom is -0.491 e. The van der Waals surface area contributed by atoms with Crippen molar-refractivity contribution in [3.8, 4) is 5.75 Å². The molecule has 0 spiro atoms. The number of hydrogen-bond donors (Lipinski definition) is 0. The van der Waals surface area contributed by atoms with Crippen LogP contribution in [0.3, 0.4) is 0 Å². The van der Waals surface area contributed by atoms with E-state index in [0.29, 0.717) is 25.0 Å². The molecule has 2 fully saturated rings. The SMILES string of the molecule is COCCOc1cc(F)cc([C@H]2CCCN2c2ccnn2C2CC2)c1. The molecule has 0 radical (unpaired) electrons. The summed E-state index contributed by atoms with van der Waals surface area (Å²) >= 11 is 0. The van der Waals surface area contributed by atoms with Gasteiger partial charge in [-0.1, -0.05) is 0 Å². The fraction of sp³-hybridized carbons (Fsp3) is 0.526. The lowest BCUT2D eigenvalue weighted by molar-refractivity contribution is 0.146. The van der Waals surface area contributed by atoms with Crippen LogP contribution in [0.25, 0.3) is 0 Å². The molecule has 0 amide bonds. The van der Waals surface area contributed by atoms with Crippen molar-refractivity contribution in [1.82, 2.24) is 9.78 Å². The topological polar surface area (TPSA) is 39.5 Å². The van der Waals surface area contributed by atoms with E-state index in [2.05, 4.69) is 20.7 Å². The Balaban J connectivity index is 1.58. The summed E-state index contributed by atoms with van der Waals surface area (Å²) in [5, 5.41) is 4.50. The van der Waals surface area contributed by atoms with Gasteiger partial charge in [0, 0.05) is 25.8 Å². The number of halogens is 1. The summed E-state index contributed by atoms with van der Waals surface area (Å²) < 4.78 is 26.9. The predicted molar refractivity (Wildman–Crippen MR) is 93.6 cm³/mol. The highest BCUT2D eigenvalue weighted by molar-refractivity contribution is 5.46. The molecule has 134 valence electrons. The van der Waals surface area contributed by atoms with Gasteiger partial charge >= 0.3 is 0 Å². The maximum Gasteiger partial charge on any atom is 0.127 e. The molecule has 6 heteroatoms. The molecule has 0 N–H and O–H groups in total. The van der Waals surface area contributed by atoms with Gasteiger partial charge in [-0.05, 0) is 43.4 Å². The Labute approximate surface area is 147 Å². The van der Waals surface area contributed by atoms with Gasteiger partial charge in [0.25, 0.3) is 0 Å². The van der Waals surface area contributed by atoms with E-state index in [9.17, 15) is 4.39 Å². The van der Waals surface area contributed by atoms with Gasteiger partial charge in [-0.15, -0.1) is 0 Å². The summed E-state index contributed by atoms with van der Waals surface area (Å²) in [4.78, 5) is 2.36. The van der Waals surface area contributed by atoms with E-state index in [0.717, 1.165) is 30.8 Å². The van der Waals surface area contributed by atoms with Crippen molar-refractivity contribution in [2.24, 2.45) is 0 Å². The van der Waals surface area contributed by atoms with E-state index >= 15 is 0 Å². The zero-order chi connectivity index (χ0) is 17.2. The molecule has 1 aliphatic carbocycles. The molecule has 1 saturated carbocycles. The maximum absolute atomic E-state index is 14.1. The van der Waals surface area contributed by atoms with Crippen LogP contribution >= 0.6 is 0 Å². The molecule has 1 atom stereocenters. The lowest BCUT2D eigenvalue weighted by Gasteiger charge is -2.28. The van der Waals surface area contributed by atoms with Gasteiger partial charge in [0.15, 0.2) is 0 Å². The van der Waals surface area contributed by atoms with Crippen molar-refractivity contribution >= 4 is 5.82 Å². The van der Waals surface area contributed by atoms with Crippen molar-refractivity contribution in [1.29, 1.82) is 0 Å². The minimum absolute atomic E-state index is 0.162. The smallest absolute Gasteiger partial charge is 0.127 e. The highest BCUT2D eigenvalue weighted by Crippen LogP contribution is 2.42. The summed E-state index contributed by atoms with van der Waals surface area (Å²) in [6.07, 6.45) is 6.37. The molecular formula is C19H24FN3O2. The van der Waals surface area contributed by atoms with Gasteiger partial charge in [-0.3, -0.25) is 0 Å². The number of ether oxygens (including phenoxy) is 2. The van der Waals surface area contributed by atoms with Crippen LogP contribution in [0.15, 0.2) is 30.5 Å². The largest absolute Gasteiger partial charge is 0.491 e. The van der Waals surface area contributed by atoms with Gasteiger partial charge in [-0.2, -0.15) is 5.10 Å². The Kier molecular flexibility index (Phi) is 4.61. The second-order valence-electron chi connectivity index (χ2n) is 6.78. The molecular weight excluding hydrogens is 321 g/mol. The fourth-order valence-corrected chi connectivity index (χ4v) is 3.63. The molecule has 25 heavy (non-hydrogen) atoms. The van der Waals surface area contributed by atoms with E-state index in [1.807, 2.05) is 12.3 Å². The lowest BCUT2D eigenvalue weighted by Crippen LogP contribution is -2.25. The first-order chi connectivity index (χ1) is 12.3. The number of aromatic nitrogens is 2. The number of hydrogen-bond acceptors (Lipinski definition) is 4. The van der Waals surface area contributed by atoms with Gasteiger partial charge in [0.1, 0.15) is 24.0 Å². The molecule has 5 nitrogen and oxygen atoms in total. The molecule has 2 heterocycles. The molecule has 0 bridgehead atoms. The number of nitrogens with zero attached hydrogens (tertiary/aromatic N) is 3. The Morgan fingerprint density at radius 3 is 2.88 bits per heavy atom. The Hall–Kier alpha value is -2.08. The van der Waals surface area contributed by atoms with Crippen molar-refractivity contribution in [3.63, 3.8) is 0 Å². The molecule has 2 aromatic rings. The second kappa shape index (κ2) is 7.04. The van der Waals surface area contributed by atoms with E-state index < -0.39 is 0 Å². The third-order valence-corrected chi connectivity index (χ3v) is 4.92. The van der Waals surface area contributed by atoms with Crippen LogP contribution in [0.5, 0.6) is 5.75 Å². The molecule has 2 aliphatic rings. The van der Waals surface area contributed by atoms with E-state index in [1.165, 1.54) is 18.9 Å². The highest BCUT2D eigenvalue weighted by Gasteiger charge is 2.33. The molecule has 0 unspecified atom stereocenters. The number of anilines is 1. The number of benzene rings is 1. The van der Waals surface area contributed by atoms with Gasteiger partial charge < -0.3 is 14.4 Å². The van der Waals surface area contributed by atoms with Gasteiger partial charge in [-0.25, -0.2) is 9.07 Å². The number of rotatable bonds is 7. The van der Waals surface area contributed by atoms with Crippen molar-refractivity contribution in [2.75, 3.05) is 31.8 Å². The van der Waals surface area contributed by atoms with Gasteiger partial charge in [0.2, 0.25) is 0 Å². The first kappa shape index (κ1) is 16.4. The quantitative estimate of drug-likeness (QED) is 0.717. The third-order valence-electron chi connectivity index (χ3n) is 4.92. The summed E-state index contributed by atoms with van der Waals surface area (Å²) in [6, 6.07) is 7.80. The molecule has 1 aromatic carbocycles. The van der Waals surface area contributed by atoms with Gasteiger partial charge in [0.05, 0.1) is 24.9 Å². The monoisotopic (exact) mass is 345 g/mol. The Morgan fingerprint density at radius 2 is 2.08 bits per heavy atom. The molecule has 4 rings (SSSR count). The lowest BCUT2D eigenvalue weighted by atomic mass is 10.0. The first-order valence-electron chi connectivity index (χ1n) is 8.98. The van der Waals surface area contributed by atoms with Crippen molar-refractivity contribution in [3.05, 3.63) is 41.8 Å². The van der Waals surface area contributed by atoms with E-state index in [-0.39, 0.29) is 11.9 Å². The van der Waals surface area contributed by atoms with E-state index in [1.54, 1.807) is 13.2 Å². The van der Waals surface area contributed by atoms with Crippen LogP contribution in [0.2, 0.25) is 0 Å². The fourth-order valence-electron chi connectivity index (χ4n) is 3.63. The first-order valence-corrected chi connectivity index (χ1v) is 8.98. The highest BCUT2D eigenvalue weighted by atomic mass is 19.1. The zero-order valence-corrected chi connectivity index (χ0v) is 14.5. The van der Waals surface area contributed by atoms with Crippen LogP contribution in [0.4, 0.5) is 10.2 Å². The molecule has 1 saturated heterocycles. The van der Waals surface area contributed by atoms with Crippen LogP contribution in [-0.4, -0.2) is 36.6 Å². The average Bonchev–Trinajstić information content (AvgIpc) is 3.13. The molecule has 1 aromatic heterocycles. The third kappa shape index (κ3) is 3.49.